The molecule has 13 heavy (non-hydrogen) atoms. The molecule has 0 atom stereocenters. The van der Waals surface area contributed by atoms with E-state index in [4.69, 9.17) is 5.26 Å². The van der Waals surface area contributed by atoms with E-state index in [9.17, 15) is 9.59 Å². The normalized spacial score (nSPS) is 17.5. The molecule has 1 fully saturated rings. The van der Waals surface area contributed by atoms with Crippen LogP contribution >= 0.6 is 0 Å². The van der Waals surface area contributed by atoms with Gasteiger partial charge in [0, 0.05) is 19.6 Å². The van der Waals surface area contributed by atoms with E-state index in [-0.39, 0.29) is 6.54 Å². The maximum absolute atomic E-state index is 11.3. The molecule has 0 bridgehead atoms. The second kappa shape index (κ2) is 3.90. The first-order valence-corrected chi connectivity index (χ1v) is 4.15. The number of piperazine rings is 1. The van der Waals surface area contributed by atoms with Gasteiger partial charge in [-0.3, -0.25) is 9.59 Å². The molecular weight excluding hydrogens is 170 g/mol. The Bertz CT molecular complexity index is 269. The van der Waals surface area contributed by atoms with E-state index in [1.165, 1.54) is 9.80 Å². The second-order valence-corrected chi connectivity index (χ2v) is 2.77. The summed E-state index contributed by atoms with van der Waals surface area (Å²) < 4.78 is 0. The molecule has 0 unspecified atom stereocenters. The van der Waals surface area contributed by atoms with Crippen LogP contribution in [0.3, 0.4) is 0 Å². The zero-order valence-corrected chi connectivity index (χ0v) is 7.49. The van der Waals surface area contributed by atoms with E-state index in [1.54, 1.807) is 0 Å². The van der Waals surface area contributed by atoms with Crippen molar-refractivity contribution in [1.29, 1.82) is 5.26 Å². The number of rotatable bonds is 2. The highest BCUT2D eigenvalue weighted by molar-refractivity contribution is 6.35. The highest BCUT2D eigenvalue weighted by Gasteiger charge is 2.30. The quantitative estimate of drug-likeness (QED) is 0.414. The topological polar surface area (TPSA) is 64.4 Å². The summed E-state index contributed by atoms with van der Waals surface area (Å²) in [6.07, 6.45) is 0. The van der Waals surface area contributed by atoms with Gasteiger partial charge < -0.3 is 9.80 Å². The number of nitriles is 1. The van der Waals surface area contributed by atoms with Crippen molar-refractivity contribution in [3.8, 4) is 6.07 Å². The highest BCUT2D eigenvalue weighted by Crippen LogP contribution is 2.03. The average molecular weight is 181 g/mol. The lowest BCUT2D eigenvalue weighted by atomic mass is 10.3. The van der Waals surface area contributed by atoms with Crippen LogP contribution in [0.1, 0.15) is 6.92 Å². The molecular formula is C8H11N3O2. The molecule has 70 valence electrons. The number of carbonyl (C=O) groups is 2. The Hall–Kier alpha value is -1.57. The first-order chi connectivity index (χ1) is 6.20. The van der Waals surface area contributed by atoms with Gasteiger partial charge in [-0.2, -0.15) is 5.26 Å². The van der Waals surface area contributed by atoms with E-state index in [0.29, 0.717) is 19.6 Å². The lowest BCUT2D eigenvalue weighted by Crippen LogP contribution is -2.54. The van der Waals surface area contributed by atoms with Crippen molar-refractivity contribution in [2.75, 3.05) is 26.2 Å². The third kappa shape index (κ3) is 1.78. The summed E-state index contributed by atoms with van der Waals surface area (Å²) in [7, 11) is 0. The van der Waals surface area contributed by atoms with Gasteiger partial charge in [0.05, 0.1) is 6.07 Å². The molecule has 0 radical (unpaired) electrons. The zero-order chi connectivity index (χ0) is 9.84. The number of hydrogen-bond acceptors (Lipinski definition) is 3. The van der Waals surface area contributed by atoms with Gasteiger partial charge in [0.25, 0.3) is 0 Å². The van der Waals surface area contributed by atoms with Crippen LogP contribution in [-0.4, -0.2) is 47.8 Å². The lowest BCUT2D eigenvalue weighted by Gasteiger charge is -2.31. The summed E-state index contributed by atoms with van der Waals surface area (Å²) in [5, 5.41) is 8.38. The standard InChI is InChI=1S/C8H11N3O2/c1-2-10-5-6-11(4-3-9)8(13)7(10)12/h2,4-6H2,1H3. The largest absolute Gasteiger partial charge is 0.333 e. The maximum Gasteiger partial charge on any atom is 0.313 e. The van der Waals surface area contributed by atoms with E-state index in [2.05, 4.69) is 0 Å². The summed E-state index contributed by atoms with van der Waals surface area (Å²) in [4.78, 5) is 25.3. The van der Waals surface area contributed by atoms with E-state index < -0.39 is 11.8 Å². The summed E-state index contributed by atoms with van der Waals surface area (Å²) >= 11 is 0. The molecule has 0 aromatic carbocycles. The Morgan fingerprint density at radius 1 is 1.31 bits per heavy atom. The van der Waals surface area contributed by atoms with Crippen molar-refractivity contribution >= 4 is 11.8 Å². The van der Waals surface area contributed by atoms with Gasteiger partial charge in [-0.15, -0.1) is 0 Å². The van der Waals surface area contributed by atoms with E-state index >= 15 is 0 Å². The third-order valence-corrected chi connectivity index (χ3v) is 2.04. The van der Waals surface area contributed by atoms with Crippen molar-refractivity contribution < 1.29 is 9.59 Å². The average Bonchev–Trinajstić information content (AvgIpc) is 2.14. The fourth-order valence-corrected chi connectivity index (χ4v) is 1.25. The molecule has 0 aromatic heterocycles. The second-order valence-electron chi connectivity index (χ2n) is 2.77. The van der Waals surface area contributed by atoms with Gasteiger partial charge in [0.15, 0.2) is 0 Å². The highest BCUT2D eigenvalue weighted by atomic mass is 16.2. The van der Waals surface area contributed by atoms with E-state index in [0.717, 1.165) is 0 Å². The predicted octanol–water partition coefficient (Wildman–Crippen LogP) is -0.799. The summed E-state index contributed by atoms with van der Waals surface area (Å²) in [5.41, 5.74) is 0. The molecule has 1 aliphatic rings. The molecule has 5 heteroatoms. The summed E-state index contributed by atoms with van der Waals surface area (Å²) in [6, 6.07) is 1.86. The summed E-state index contributed by atoms with van der Waals surface area (Å²) in [6.45, 7) is 3.37. The molecule has 0 saturated carbocycles. The molecule has 1 rings (SSSR count). The van der Waals surface area contributed by atoms with Crippen molar-refractivity contribution in [1.82, 2.24) is 9.80 Å². The molecule has 2 amide bonds. The van der Waals surface area contributed by atoms with Crippen molar-refractivity contribution in [3.05, 3.63) is 0 Å². The Morgan fingerprint density at radius 2 is 1.85 bits per heavy atom. The lowest BCUT2D eigenvalue weighted by molar-refractivity contribution is -0.155. The zero-order valence-electron chi connectivity index (χ0n) is 7.49. The van der Waals surface area contributed by atoms with Gasteiger partial charge in [0.2, 0.25) is 0 Å². The molecule has 1 heterocycles. The van der Waals surface area contributed by atoms with E-state index in [1.807, 2.05) is 13.0 Å². The van der Waals surface area contributed by atoms with Crippen LogP contribution < -0.4 is 0 Å². The maximum atomic E-state index is 11.3. The molecule has 0 N–H and O–H groups in total. The Morgan fingerprint density at radius 3 is 2.38 bits per heavy atom. The van der Waals surface area contributed by atoms with Crippen LogP contribution in [0.5, 0.6) is 0 Å². The van der Waals surface area contributed by atoms with Gasteiger partial charge in [-0.1, -0.05) is 0 Å². The first kappa shape index (κ1) is 9.52. The van der Waals surface area contributed by atoms with Gasteiger partial charge in [-0.05, 0) is 6.92 Å². The fourth-order valence-electron chi connectivity index (χ4n) is 1.25. The van der Waals surface area contributed by atoms with Crippen molar-refractivity contribution in [3.63, 3.8) is 0 Å². The Labute approximate surface area is 76.5 Å². The SMILES string of the molecule is CCN1CCN(CC#N)C(=O)C1=O. The molecule has 0 spiro atoms. The Kier molecular flexibility index (Phi) is 2.85. The summed E-state index contributed by atoms with van der Waals surface area (Å²) in [5.74, 6) is -1.06. The number of hydrogen-bond donors (Lipinski definition) is 0. The van der Waals surface area contributed by atoms with Crippen LogP contribution in [0, 0.1) is 11.3 Å². The molecule has 0 aromatic rings. The minimum Gasteiger partial charge on any atom is -0.333 e. The molecule has 1 saturated heterocycles. The first-order valence-electron chi connectivity index (χ1n) is 4.15. The number of nitrogens with zero attached hydrogens (tertiary/aromatic N) is 3. The predicted molar refractivity (Wildman–Crippen MR) is 44.4 cm³/mol. The number of likely N-dealkylation sites (N-methyl/N-ethyl adjacent to an activating group) is 1. The van der Waals surface area contributed by atoms with Crippen LogP contribution in [0.25, 0.3) is 0 Å². The third-order valence-electron chi connectivity index (χ3n) is 2.04. The van der Waals surface area contributed by atoms with Crippen LogP contribution in [-0.2, 0) is 9.59 Å². The molecule has 5 nitrogen and oxygen atoms in total. The smallest absolute Gasteiger partial charge is 0.313 e. The number of amides is 2. The molecule has 0 aliphatic carbocycles. The van der Waals surface area contributed by atoms with Gasteiger partial charge >= 0.3 is 11.8 Å². The van der Waals surface area contributed by atoms with Gasteiger partial charge in [-0.25, -0.2) is 0 Å². The van der Waals surface area contributed by atoms with Crippen molar-refractivity contribution in [2.24, 2.45) is 0 Å². The molecule has 1 aliphatic heterocycles. The minimum absolute atomic E-state index is 0.00211. The van der Waals surface area contributed by atoms with Gasteiger partial charge in [0.1, 0.15) is 6.54 Å². The number of carbonyl (C=O) groups excluding carboxylic acids is 2. The Balaban J connectivity index is 2.66. The van der Waals surface area contributed by atoms with Crippen LogP contribution in [0.2, 0.25) is 0 Å². The van der Waals surface area contributed by atoms with Crippen LogP contribution in [0.15, 0.2) is 0 Å². The minimum atomic E-state index is -0.561. The van der Waals surface area contributed by atoms with Crippen LogP contribution in [0.4, 0.5) is 0 Å². The fraction of sp³-hybridized carbons (Fsp3) is 0.625. The van der Waals surface area contributed by atoms with Crippen molar-refractivity contribution in [2.45, 2.75) is 6.92 Å². The monoisotopic (exact) mass is 181 g/mol.